The molecule has 0 saturated heterocycles. The van der Waals surface area contributed by atoms with Crippen LogP contribution in [0.15, 0.2) is 65.1 Å². The number of aliphatic imine (C=N–C) groups is 2. The van der Waals surface area contributed by atoms with Gasteiger partial charge in [0, 0.05) is 24.4 Å². The lowest BCUT2D eigenvalue weighted by Gasteiger charge is -2.16. The van der Waals surface area contributed by atoms with E-state index in [0.717, 1.165) is 17.7 Å². The van der Waals surface area contributed by atoms with Crippen LogP contribution in [-0.4, -0.2) is 41.0 Å². The number of carbonyl (C=O) groups excluding carboxylic acids is 1. The van der Waals surface area contributed by atoms with Gasteiger partial charge in [-0.1, -0.05) is 49.4 Å². The molecule has 1 amide bonds. The minimum atomic E-state index is -0.800. The fourth-order valence-corrected chi connectivity index (χ4v) is 2.60. The van der Waals surface area contributed by atoms with E-state index in [1.165, 1.54) is 6.08 Å². The first kappa shape index (κ1) is 23.0. The van der Waals surface area contributed by atoms with Gasteiger partial charge in [0.05, 0.1) is 12.1 Å². The molecule has 28 heavy (non-hydrogen) atoms. The van der Waals surface area contributed by atoms with E-state index >= 15 is 0 Å². The Hall–Kier alpha value is -3.02. The first-order chi connectivity index (χ1) is 13.3. The normalized spacial score (nSPS) is 15.4. The van der Waals surface area contributed by atoms with Crippen LogP contribution in [0.2, 0.25) is 0 Å². The molecule has 0 saturated carbocycles. The maximum atomic E-state index is 11.2. The van der Waals surface area contributed by atoms with Gasteiger partial charge in [-0.3, -0.25) is 19.6 Å². The maximum Gasteiger partial charge on any atom is 0.303 e. The predicted molar refractivity (Wildman–Crippen MR) is 114 cm³/mol. The molecule has 2 unspecified atom stereocenters. The summed E-state index contributed by atoms with van der Waals surface area (Å²) < 4.78 is 0. The van der Waals surface area contributed by atoms with E-state index in [4.69, 9.17) is 10.8 Å². The number of primary amides is 1. The lowest BCUT2D eigenvalue weighted by Crippen LogP contribution is -2.21. The molecule has 6 nitrogen and oxygen atoms in total. The van der Waals surface area contributed by atoms with Crippen LogP contribution in [0, 0.1) is 5.92 Å². The van der Waals surface area contributed by atoms with Crippen molar-refractivity contribution in [2.24, 2.45) is 21.6 Å². The predicted octanol–water partition coefficient (Wildman–Crippen LogP) is 3.42. The Labute approximate surface area is 166 Å². The van der Waals surface area contributed by atoms with Crippen LogP contribution in [0.4, 0.5) is 0 Å². The fourth-order valence-electron chi connectivity index (χ4n) is 2.60. The molecule has 150 valence electrons. The molecule has 0 aliphatic carbocycles. The molecule has 3 N–H and O–H groups in total. The van der Waals surface area contributed by atoms with Crippen LogP contribution < -0.4 is 5.73 Å². The molecule has 0 heterocycles. The van der Waals surface area contributed by atoms with E-state index in [1.54, 1.807) is 18.4 Å². The number of amides is 1. The molecule has 0 aliphatic heterocycles. The summed E-state index contributed by atoms with van der Waals surface area (Å²) in [5.74, 6) is -1.29. The van der Waals surface area contributed by atoms with Crippen LogP contribution in [0.25, 0.3) is 0 Å². The summed E-state index contributed by atoms with van der Waals surface area (Å²) in [4.78, 5) is 31.2. The van der Waals surface area contributed by atoms with Crippen LogP contribution in [0.5, 0.6) is 0 Å². The average Bonchev–Trinajstić information content (AvgIpc) is 2.64. The molecule has 1 aromatic rings. The van der Waals surface area contributed by atoms with Gasteiger partial charge in [-0.05, 0) is 31.2 Å². The third-order valence-electron chi connectivity index (χ3n) is 4.14. The Bertz CT molecular complexity index is 739. The second-order valence-electron chi connectivity index (χ2n) is 6.77. The molecule has 0 bridgehead atoms. The second-order valence-corrected chi connectivity index (χ2v) is 6.77. The molecular formula is C22H29N3O3. The Morgan fingerprint density at radius 2 is 1.93 bits per heavy atom. The second kappa shape index (κ2) is 12.4. The highest BCUT2D eigenvalue weighted by Gasteiger charge is 2.15. The number of carboxylic acids is 1. The number of nitrogens with zero attached hydrogens (tertiary/aromatic N) is 2. The van der Waals surface area contributed by atoms with E-state index in [2.05, 4.69) is 16.6 Å². The number of hydrogen-bond donors (Lipinski definition) is 2. The van der Waals surface area contributed by atoms with Crippen molar-refractivity contribution in [3.63, 3.8) is 0 Å². The number of nitrogens with two attached hydrogens (primary N) is 1. The Kier molecular flexibility index (Phi) is 10.2. The molecule has 1 aromatic carbocycles. The number of carbonyl (C=O) groups is 2. The van der Waals surface area contributed by atoms with E-state index < -0.39 is 17.9 Å². The summed E-state index contributed by atoms with van der Waals surface area (Å²) in [6.45, 7) is 7.63. The third kappa shape index (κ3) is 9.62. The minimum absolute atomic E-state index is 0.0635. The van der Waals surface area contributed by atoms with Crippen LogP contribution in [0.3, 0.4) is 0 Å². The highest BCUT2D eigenvalue weighted by atomic mass is 16.4. The van der Waals surface area contributed by atoms with Gasteiger partial charge in [0.1, 0.15) is 0 Å². The zero-order valence-corrected chi connectivity index (χ0v) is 16.5. The number of aliphatic carboxylic acids is 1. The first-order valence-electron chi connectivity index (χ1n) is 9.25. The zero-order chi connectivity index (χ0) is 20.9. The number of hydrogen-bond acceptors (Lipinski definition) is 4. The summed E-state index contributed by atoms with van der Waals surface area (Å²) in [6, 6.07) is 8.89. The standard InChI is InChI=1S/C22H29N3O3/c1-4-19(24-15-18-8-6-5-7-9-18)20(12-13-21(23)26)25-17(3)11-10-16(2)14-22(27)28/h4-9,12-13,15-16,19-20H,1,10-11,14H2,2-3H3,(H2,23,26)(H,27,28)/b13-12+,24-15?,25-17?/t16-,19?,20?/m0/s1. The molecule has 0 aromatic heterocycles. The van der Waals surface area contributed by atoms with Gasteiger partial charge in [0.15, 0.2) is 0 Å². The lowest BCUT2D eigenvalue weighted by molar-refractivity contribution is -0.138. The number of carboxylic acid groups (broad SMARTS) is 1. The van der Waals surface area contributed by atoms with Crippen molar-refractivity contribution >= 4 is 23.8 Å². The van der Waals surface area contributed by atoms with Crippen molar-refractivity contribution in [3.05, 3.63) is 60.7 Å². The third-order valence-corrected chi connectivity index (χ3v) is 4.14. The van der Waals surface area contributed by atoms with Crippen molar-refractivity contribution in [2.45, 2.75) is 45.2 Å². The SMILES string of the molecule is C=CC(N=Cc1ccccc1)C(/C=C/C(N)=O)N=C(C)CC[C@H](C)CC(=O)O. The highest BCUT2D eigenvalue weighted by molar-refractivity contribution is 5.86. The highest BCUT2D eigenvalue weighted by Crippen LogP contribution is 2.14. The van der Waals surface area contributed by atoms with Crippen LogP contribution in [-0.2, 0) is 9.59 Å². The van der Waals surface area contributed by atoms with Crippen molar-refractivity contribution in [1.82, 2.24) is 0 Å². The first-order valence-corrected chi connectivity index (χ1v) is 9.25. The van der Waals surface area contributed by atoms with Gasteiger partial charge in [-0.15, -0.1) is 6.58 Å². The lowest BCUT2D eigenvalue weighted by atomic mass is 10.00. The minimum Gasteiger partial charge on any atom is -0.481 e. The molecule has 0 fully saturated rings. The summed E-state index contributed by atoms with van der Waals surface area (Å²) in [5, 5.41) is 8.86. The van der Waals surface area contributed by atoms with Gasteiger partial charge >= 0.3 is 5.97 Å². The summed E-state index contributed by atoms with van der Waals surface area (Å²) in [6.07, 6.45) is 7.86. The summed E-state index contributed by atoms with van der Waals surface area (Å²) >= 11 is 0. The van der Waals surface area contributed by atoms with E-state index in [0.29, 0.717) is 6.42 Å². The van der Waals surface area contributed by atoms with E-state index in [9.17, 15) is 9.59 Å². The van der Waals surface area contributed by atoms with E-state index in [-0.39, 0.29) is 18.4 Å². The van der Waals surface area contributed by atoms with Gasteiger partial charge in [0.2, 0.25) is 5.91 Å². The van der Waals surface area contributed by atoms with Crippen molar-refractivity contribution < 1.29 is 14.7 Å². The molecule has 3 atom stereocenters. The Morgan fingerprint density at radius 3 is 2.50 bits per heavy atom. The molecular weight excluding hydrogens is 354 g/mol. The molecule has 6 heteroatoms. The average molecular weight is 383 g/mol. The van der Waals surface area contributed by atoms with Crippen molar-refractivity contribution in [2.75, 3.05) is 0 Å². The molecule has 1 rings (SSSR count). The molecule has 0 aliphatic rings. The largest absolute Gasteiger partial charge is 0.481 e. The monoisotopic (exact) mass is 383 g/mol. The number of benzene rings is 1. The Morgan fingerprint density at radius 1 is 1.25 bits per heavy atom. The molecule has 0 radical (unpaired) electrons. The van der Waals surface area contributed by atoms with Gasteiger partial charge in [-0.2, -0.15) is 0 Å². The quantitative estimate of drug-likeness (QED) is 0.328. The summed E-state index contributed by atoms with van der Waals surface area (Å²) in [7, 11) is 0. The Balaban J connectivity index is 2.92. The van der Waals surface area contributed by atoms with Crippen LogP contribution in [0.1, 0.15) is 38.7 Å². The number of rotatable bonds is 12. The van der Waals surface area contributed by atoms with Crippen LogP contribution >= 0.6 is 0 Å². The van der Waals surface area contributed by atoms with E-state index in [1.807, 2.05) is 44.2 Å². The summed E-state index contributed by atoms with van der Waals surface area (Å²) in [5.41, 5.74) is 7.04. The van der Waals surface area contributed by atoms with Gasteiger partial charge in [0.25, 0.3) is 0 Å². The van der Waals surface area contributed by atoms with Crippen molar-refractivity contribution in [1.29, 1.82) is 0 Å². The smallest absolute Gasteiger partial charge is 0.303 e. The topological polar surface area (TPSA) is 105 Å². The fraction of sp³-hybridized carbons (Fsp3) is 0.364. The molecule has 0 spiro atoms. The van der Waals surface area contributed by atoms with Gasteiger partial charge < -0.3 is 10.8 Å². The maximum absolute atomic E-state index is 11.2. The van der Waals surface area contributed by atoms with Gasteiger partial charge in [-0.25, -0.2) is 0 Å². The van der Waals surface area contributed by atoms with Crippen molar-refractivity contribution in [3.8, 4) is 0 Å². The zero-order valence-electron chi connectivity index (χ0n) is 16.5.